The van der Waals surface area contributed by atoms with Crippen LogP contribution in [-0.2, 0) is 16.0 Å². The summed E-state index contributed by atoms with van der Waals surface area (Å²) in [5.41, 5.74) is 1.06. The molecule has 0 bridgehead atoms. The van der Waals surface area contributed by atoms with Crippen molar-refractivity contribution in [3.8, 4) is 5.75 Å². The number of phenolic OH excluding ortho intramolecular Hbond substituents is 1. The van der Waals surface area contributed by atoms with Gasteiger partial charge < -0.3 is 9.84 Å². The van der Waals surface area contributed by atoms with E-state index in [0.29, 0.717) is 11.1 Å². The van der Waals surface area contributed by atoms with Crippen LogP contribution in [0.3, 0.4) is 0 Å². The first-order valence-corrected chi connectivity index (χ1v) is 5.03. The van der Waals surface area contributed by atoms with Gasteiger partial charge in [-0.1, -0.05) is 13.8 Å². The van der Waals surface area contributed by atoms with Crippen LogP contribution >= 0.6 is 0 Å². The minimum absolute atomic E-state index is 0.0289. The van der Waals surface area contributed by atoms with Gasteiger partial charge in [0.05, 0.1) is 13.5 Å². The van der Waals surface area contributed by atoms with Crippen LogP contribution in [0.25, 0.3) is 0 Å². The Morgan fingerprint density at radius 3 is 2.62 bits per heavy atom. The quantitative estimate of drug-likeness (QED) is 0.805. The molecule has 88 valence electrons. The van der Waals surface area contributed by atoms with Crippen molar-refractivity contribution < 1.29 is 19.0 Å². The molecule has 0 atom stereocenters. The summed E-state index contributed by atoms with van der Waals surface area (Å²) in [6.45, 7) is 3.74. The molecule has 1 aromatic carbocycles. The number of phenols is 1. The molecule has 0 unspecified atom stereocenters. The average molecular weight is 226 g/mol. The highest BCUT2D eigenvalue weighted by Gasteiger charge is 2.16. The molecule has 0 saturated carbocycles. The summed E-state index contributed by atoms with van der Waals surface area (Å²) >= 11 is 0. The number of aromatic hydroxyl groups is 1. The first kappa shape index (κ1) is 12.5. The highest BCUT2D eigenvalue weighted by Crippen LogP contribution is 2.29. The number of hydrogen-bond acceptors (Lipinski definition) is 3. The Bertz CT molecular complexity index is 399. The molecule has 0 spiro atoms. The third kappa shape index (κ3) is 2.72. The van der Waals surface area contributed by atoms with E-state index < -0.39 is 11.8 Å². The Kier molecular flexibility index (Phi) is 3.88. The zero-order valence-electron chi connectivity index (χ0n) is 9.58. The van der Waals surface area contributed by atoms with Gasteiger partial charge in [-0.3, -0.25) is 4.79 Å². The molecule has 0 saturated heterocycles. The largest absolute Gasteiger partial charge is 0.508 e. The SMILES string of the molecule is COC(=O)Cc1c(O)cc(F)cc1C(C)C. The fourth-order valence-electron chi connectivity index (χ4n) is 1.57. The van der Waals surface area contributed by atoms with E-state index >= 15 is 0 Å². The van der Waals surface area contributed by atoms with Crippen molar-refractivity contribution in [1.82, 2.24) is 0 Å². The lowest BCUT2D eigenvalue weighted by atomic mass is 9.94. The van der Waals surface area contributed by atoms with Gasteiger partial charge in [0, 0.05) is 11.6 Å². The average Bonchev–Trinajstić information content (AvgIpc) is 2.20. The van der Waals surface area contributed by atoms with Crippen LogP contribution in [0.1, 0.15) is 30.9 Å². The summed E-state index contributed by atoms with van der Waals surface area (Å²) < 4.78 is 17.6. The number of halogens is 1. The van der Waals surface area contributed by atoms with E-state index in [4.69, 9.17) is 0 Å². The molecule has 1 N–H and O–H groups in total. The van der Waals surface area contributed by atoms with Gasteiger partial charge in [0.2, 0.25) is 0 Å². The Balaban J connectivity index is 3.19. The second-order valence-corrected chi connectivity index (χ2v) is 3.90. The second kappa shape index (κ2) is 4.96. The number of benzene rings is 1. The minimum atomic E-state index is -0.505. The zero-order valence-corrected chi connectivity index (χ0v) is 9.58. The summed E-state index contributed by atoms with van der Waals surface area (Å²) in [4.78, 5) is 11.2. The molecule has 4 heteroatoms. The summed E-state index contributed by atoms with van der Waals surface area (Å²) in [7, 11) is 1.28. The Labute approximate surface area is 93.9 Å². The molecular weight excluding hydrogens is 211 g/mol. The summed E-state index contributed by atoms with van der Waals surface area (Å²) in [5, 5.41) is 9.62. The highest BCUT2D eigenvalue weighted by molar-refractivity contribution is 5.74. The van der Waals surface area contributed by atoms with Gasteiger partial charge in [-0.15, -0.1) is 0 Å². The van der Waals surface area contributed by atoms with E-state index in [9.17, 15) is 14.3 Å². The highest BCUT2D eigenvalue weighted by atomic mass is 19.1. The summed E-state index contributed by atoms with van der Waals surface area (Å²) in [6.07, 6.45) is -0.0455. The fraction of sp³-hybridized carbons (Fsp3) is 0.417. The van der Waals surface area contributed by atoms with Crippen LogP contribution in [0.4, 0.5) is 4.39 Å². The molecule has 0 aliphatic heterocycles. The molecule has 0 aliphatic carbocycles. The first-order valence-electron chi connectivity index (χ1n) is 5.03. The topological polar surface area (TPSA) is 46.5 Å². The predicted molar refractivity (Wildman–Crippen MR) is 57.9 cm³/mol. The number of esters is 1. The molecule has 0 heterocycles. The molecule has 1 rings (SSSR count). The smallest absolute Gasteiger partial charge is 0.310 e. The van der Waals surface area contributed by atoms with Crippen molar-refractivity contribution in [2.75, 3.05) is 7.11 Å². The van der Waals surface area contributed by atoms with E-state index in [0.717, 1.165) is 6.07 Å². The number of ether oxygens (including phenoxy) is 1. The third-order valence-electron chi connectivity index (χ3n) is 2.40. The van der Waals surface area contributed by atoms with Crippen LogP contribution in [0.2, 0.25) is 0 Å². The molecule has 0 amide bonds. The van der Waals surface area contributed by atoms with Crippen molar-refractivity contribution in [3.05, 3.63) is 29.1 Å². The molecule has 0 aliphatic rings. The van der Waals surface area contributed by atoms with Gasteiger partial charge in [0.25, 0.3) is 0 Å². The maximum Gasteiger partial charge on any atom is 0.310 e. The van der Waals surface area contributed by atoms with Crippen molar-refractivity contribution in [2.24, 2.45) is 0 Å². The Hall–Kier alpha value is -1.58. The lowest BCUT2D eigenvalue weighted by molar-refractivity contribution is -0.139. The lowest BCUT2D eigenvalue weighted by Crippen LogP contribution is -2.08. The van der Waals surface area contributed by atoms with Crippen LogP contribution in [0, 0.1) is 5.82 Å². The second-order valence-electron chi connectivity index (χ2n) is 3.90. The van der Waals surface area contributed by atoms with Crippen molar-refractivity contribution in [2.45, 2.75) is 26.2 Å². The van der Waals surface area contributed by atoms with Gasteiger partial charge >= 0.3 is 5.97 Å². The van der Waals surface area contributed by atoms with Crippen molar-refractivity contribution in [3.63, 3.8) is 0 Å². The molecule has 16 heavy (non-hydrogen) atoms. The molecule has 0 fully saturated rings. The molecule has 1 aromatic rings. The normalized spacial score (nSPS) is 10.6. The maximum absolute atomic E-state index is 13.1. The standard InChI is InChI=1S/C12H15FO3/c1-7(2)9-4-8(13)5-11(14)10(9)6-12(15)16-3/h4-5,7,14H,6H2,1-3H3. The number of carbonyl (C=O) groups is 1. The Morgan fingerprint density at radius 2 is 2.12 bits per heavy atom. The number of hydrogen-bond donors (Lipinski definition) is 1. The van der Waals surface area contributed by atoms with Gasteiger partial charge in [-0.05, 0) is 17.5 Å². The first-order chi connectivity index (χ1) is 7.45. The molecule has 3 nitrogen and oxygen atoms in total. The van der Waals surface area contributed by atoms with Crippen LogP contribution in [0.15, 0.2) is 12.1 Å². The van der Waals surface area contributed by atoms with Gasteiger partial charge in [-0.25, -0.2) is 4.39 Å². The number of rotatable bonds is 3. The number of methoxy groups -OCH3 is 1. The summed E-state index contributed by atoms with van der Waals surface area (Å²) in [5.74, 6) is -1.13. The Morgan fingerprint density at radius 1 is 1.50 bits per heavy atom. The van der Waals surface area contributed by atoms with Gasteiger partial charge in [0.1, 0.15) is 11.6 Å². The van der Waals surface area contributed by atoms with E-state index in [1.54, 1.807) is 0 Å². The fourth-order valence-corrected chi connectivity index (χ4v) is 1.57. The van der Waals surface area contributed by atoms with Crippen LogP contribution in [0.5, 0.6) is 5.75 Å². The number of carbonyl (C=O) groups excluding carboxylic acids is 1. The van der Waals surface area contributed by atoms with E-state index in [-0.39, 0.29) is 18.1 Å². The van der Waals surface area contributed by atoms with E-state index in [2.05, 4.69) is 4.74 Å². The van der Waals surface area contributed by atoms with Crippen LogP contribution in [-0.4, -0.2) is 18.2 Å². The maximum atomic E-state index is 13.1. The molecule has 0 radical (unpaired) electrons. The third-order valence-corrected chi connectivity index (χ3v) is 2.40. The van der Waals surface area contributed by atoms with Crippen molar-refractivity contribution >= 4 is 5.97 Å². The predicted octanol–water partition coefficient (Wildman–Crippen LogP) is 2.37. The monoisotopic (exact) mass is 226 g/mol. The van der Waals surface area contributed by atoms with Crippen molar-refractivity contribution in [1.29, 1.82) is 0 Å². The minimum Gasteiger partial charge on any atom is -0.508 e. The van der Waals surface area contributed by atoms with E-state index in [1.807, 2.05) is 13.8 Å². The van der Waals surface area contributed by atoms with Crippen LogP contribution < -0.4 is 0 Å². The zero-order chi connectivity index (χ0) is 12.3. The lowest BCUT2D eigenvalue weighted by Gasteiger charge is -2.13. The van der Waals surface area contributed by atoms with Gasteiger partial charge in [0.15, 0.2) is 0 Å². The molecule has 0 aromatic heterocycles. The molecular formula is C12H15FO3. The van der Waals surface area contributed by atoms with E-state index in [1.165, 1.54) is 13.2 Å². The summed E-state index contributed by atoms with van der Waals surface area (Å²) in [6, 6.07) is 2.34. The van der Waals surface area contributed by atoms with Gasteiger partial charge in [-0.2, -0.15) is 0 Å².